The van der Waals surface area contributed by atoms with Gasteiger partial charge in [0, 0.05) is 5.92 Å². The molecule has 1 aliphatic carbocycles. The van der Waals surface area contributed by atoms with Gasteiger partial charge in [0.2, 0.25) is 5.91 Å². The Morgan fingerprint density at radius 1 is 1.55 bits per heavy atom. The van der Waals surface area contributed by atoms with E-state index in [0.29, 0.717) is 12.3 Å². The van der Waals surface area contributed by atoms with Crippen molar-refractivity contribution in [3.63, 3.8) is 0 Å². The zero-order chi connectivity index (χ0) is 8.01. The molecule has 1 heterocycles. The minimum Gasteiger partial charge on any atom is -0.480 e. The van der Waals surface area contributed by atoms with Crippen LogP contribution in [0.15, 0.2) is 0 Å². The van der Waals surface area contributed by atoms with Gasteiger partial charge in [0.15, 0.2) is 0 Å². The first-order valence-corrected chi connectivity index (χ1v) is 3.71. The largest absolute Gasteiger partial charge is 0.480 e. The van der Waals surface area contributed by atoms with Crippen LogP contribution < -0.4 is 5.32 Å². The number of rotatable bonds is 1. The van der Waals surface area contributed by atoms with Crippen LogP contribution in [-0.4, -0.2) is 23.0 Å². The van der Waals surface area contributed by atoms with Crippen LogP contribution in [0.25, 0.3) is 0 Å². The third-order valence-corrected chi connectivity index (χ3v) is 2.41. The molecule has 11 heavy (non-hydrogen) atoms. The Labute approximate surface area is 63.6 Å². The number of carbonyl (C=O) groups is 2. The van der Waals surface area contributed by atoms with Gasteiger partial charge in [-0.1, -0.05) is 0 Å². The molecule has 4 nitrogen and oxygen atoms in total. The van der Waals surface area contributed by atoms with Crippen molar-refractivity contribution >= 4 is 11.9 Å². The van der Waals surface area contributed by atoms with Gasteiger partial charge in [0.05, 0.1) is 0 Å². The summed E-state index contributed by atoms with van der Waals surface area (Å²) in [5.74, 6) is -0.507. The Kier molecular flexibility index (Phi) is 1.19. The molecule has 0 aromatic heterocycles. The average Bonchev–Trinajstić information content (AvgIpc) is 2.66. The van der Waals surface area contributed by atoms with Crippen LogP contribution in [0.1, 0.15) is 12.8 Å². The van der Waals surface area contributed by atoms with Crippen molar-refractivity contribution in [3.8, 4) is 0 Å². The number of hydrogen-bond donors (Lipinski definition) is 2. The van der Waals surface area contributed by atoms with E-state index in [-0.39, 0.29) is 11.8 Å². The summed E-state index contributed by atoms with van der Waals surface area (Å²) in [5.41, 5.74) is 0. The maximum atomic E-state index is 11.0. The van der Waals surface area contributed by atoms with Crippen molar-refractivity contribution in [2.24, 2.45) is 11.8 Å². The third kappa shape index (κ3) is 0.982. The van der Waals surface area contributed by atoms with Crippen LogP contribution >= 0.6 is 0 Å². The highest BCUT2D eigenvalue weighted by Gasteiger charge is 2.49. The van der Waals surface area contributed by atoms with Gasteiger partial charge in [-0.2, -0.15) is 0 Å². The van der Waals surface area contributed by atoms with E-state index in [4.69, 9.17) is 5.11 Å². The molecule has 2 N–H and O–H groups in total. The number of hydrogen-bond acceptors (Lipinski definition) is 2. The highest BCUT2D eigenvalue weighted by atomic mass is 16.4. The summed E-state index contributed by atoms with van der Waals surface area (Å²) in [5, 5.41) is 11.0. The number of carbonyl (C=O) groups excluding carboxylic acids is 1. The normalized spacial score (nSPS) is 40.7. The number of carboxylic acid groups (broad SMARTS) is 1. The molecular formula is C7H9NO3. The van der Waals surface area contributed by atoms with Crippen LogP contribution in [0, 0.1) is 11.8 Å². The number of nitrogens with one attached hydrogen (secondary N) is 1. The SMILES string of the molecule is O=C(O)C1C[C@H]2C[C@H]2C(=O)N1. The molecule has 2 aliphatic rings. The van der Waals surface area contributed by atoms with E-state index in [2.05, 4.69) is 5.32 Å². The standard InChI is InChI=1S/C7H9NO3/c9-6-4-1-3(4)2-5(8-6)7(10)11/h3-5H,1-2H2,(H,8,9)(H,10,11)/t3-,4-,5?/m1/s1. The molecule has 2 fully saturated rings. The second-order valence-electron chi connectivity index (χ2n) is 3.24. The van der Waals surface area contributed by atoms with Crippen molar-refractivity contribution in [2.75, 3.05) is 0 Å². The summed E-state index contributed by atoms with van der Waals surface area (Å²) in [7, 11) is 0. The molecule has 1 saturated carbocycles. The predicted molar refractivity (Wildman–Crippen MR) is 35.8 cm³/mol. The minimum absolute atomic E-state index is 0.0753. The first kappa shape index (κ1) is 6.64. The second-order valence-corrected chi connectivity index (χ2v) is 3.24. The summed E-state index contributed by atoms with van der Waals surface area (Å²) < 4.78 is 0. The van der Waals surface area contributed by atoms with E-state index in [1.54, 1.807) is 0 Å². The number of amides is 1. The molecule has 1 amide bonds. The summed E-state index contributed by atoms with van der Waals surface area (Å²) in [6, 6.07) is -0.633. The molecular weight excluding hydrogens is 146 g/mol. The summed E-state index contributed by atoms with van der Waals surface area (Å²) in [6.07, 6.45) is 1.50. The lowest BCUT2D eigenvalue weighted by Gasteiger charge is -2.18. The lowest BCUT2D eigenvalue weighted by atomic mass is 10.0. The van der Waals surface area contributed by atoms with E-state index in [0.717, 1.165) is 6.42 Å². The molecule has 0 radical (unpaired) electrons. The predicted octanol–water partition coefficient (Wildman–Crippen LogP) is -0.404. The quantitative estimate of drug-likeness (QED) is 0.541. The molecule has 1 saturated heterocycles. The van der Waals surface area contributed by atoms with Gasteiger partial charge in [0.1, 0.15) is 6.04 Å². The summed E-state index contributed by atoms with van der Waals surface area (Å²) >= 11 is 0. The van der Waals surface area contributed by atoms with E-state index in [1.165, 1.54) is 0 Å². The summed E-state index contributed by atoms with van der Waals surface area (Å²) in [6.45, 7) is 0. The van der Waals surface area contributed by atoms with E-state index >= 15 is 0 Å². The van der Waals surface area contributed by atoms with Gasteiger partial charge >= 0.3 is 5.97 Å². The van der Waals surface area contributed by atoms with Crippen molar-refractivity contribution in [1.29, 1.82) is 0 Å². The Morgan fingerprint density at radius 3 is 2.82 bits per heavy atom. The van der Waals surface area contributed by atoms with E-state index in [9.17, 15) is 9.59 Å². The smallest absolute Gasteiger partial charge is 0.326 e. The van der Waals surface area contributed by atoms with E-state index < -0.39 is 12.0 Å². The van der Waals surface area contributed by atoms with Crippen LogP contribution in [0.4, 0.5) is 0 Å². The molecule has 0 aromatic rings. The van der Waals surface area contributed by atoms with Crippen molar-refractivity contribution < 1.29 is 14.7 Å². The lowest BCUT2D eigenvalue weighted by Crippen LogP contribution is -2.45. The zero-order valence-corrected chi connectivity index (χ0v) is 5.91. The molecule has 3 atom stereocenters. The minimum atomic E-state index is -0.913. The fourth-order valence-electron chi connectivity index (χ4n) is 1.63. The average molecular weight is 155 g/mol. The Bertz CT molecular complexity index is 226. The first-order chi connectivity index (χ1) is 5.18. The van der Waals surface area contributed by atoms with E-state index in [1.807, 2.05) is 0 Å². The third-order valence-electron chi connectivity index (χ3n) is 2.41. The molecule has 0 bridgehead atoms. The fourth-order valence-corrected chi connectivity index (χ4v) is 1.63. The van der Waals surface area contributed by atoms with Gasteiger partial charge in [-0.25, -0.2) is 4.79 Å². The Hall–Kier alpha value is -1.06. The lowest BCUT2D eigenvalue weighted by molar-refractivity contribution is -0.143. The van der Waals surface area contributed by atoms with Gasteiger partial charge in [-0.15, -0.1) is 0 Å². The Morgan fingerprint density at radius 2 is 2.27 bits per heavy atom. The molecule has 0 aromatic carbocycles. The maximum absolute atomic E-state index is 11.0. The van der Waals surface area contributed by atoms with Gasteiger partial charge in [-0.05, 0) is 18.8 Å². The van der Waals surface area contributed by atoms with Crippen LogP contribution in [0.5, 0.6) is 0 Å². The zero-order valence-electron chi connectivity index (χ0n) is 5.91. The van der Waals surface area contributed by atoms with Crippen molar-refractivity contribution in [2.45, 2.75) is 18.9 Å². The maximum Gasteiger partial charge on any atom is 0.326 e. The molecule has 4 heteroatoms. The number of aliphatic carboxylic acids is 1. The van der Waals surface area contributed by atoms with Gasteiger partial charge < -0.3 is 10.4 Å². The molecule has 1 unspecified atom stereocenters. The second kappa shape index (κ2) is 1.96. The Balaban J connectivity index is 2.05. The first-order valence-electron chi connectivity index (χ1n) is 3.71. The summed E-state index contributed by atoms with van der Waals surface area (Å²) in [4.78, 5) is 21.4. The van der Waals surface area contributed by atoms with Crippen LogP contribution in [-0.2, 0) is 9.59 Å². The number of fused-ring (bicyclic) bond motifs is 1. The molecule has 2 rings (SSSR count). The van der Waals surface area contributed by atoms with Gasteiger partial charge in [-0.3, -0.25) is 4.79 Å². The monoisotopic (exact) mass is 155 g/mol. The van der Waals surface area contributed by atoms with Crippen molar-refractivity contribution in [1.82, 2.24) is 5.32 Å². The number of carboxylic acids is 1. The van der Waals surface area contributed by atoms with Crippen molar-refractivity contribution in [3.05, 3.63) is 0 Å². The molecule has 0 spiro atoms. The molecule has 1 aliphatic heterocycles. The topological polar surface area (TPSA) is 66.4 Å². The highest BCUT2D eigenvalue weighted by molar-refractivity contribution is 5.88. The number of piperidine rings is 1. The van der Waals surface area contributed by atoms with Crippen LogP contribution in [0.2, 0.25) is 0 Å². The van der Waals surface area contributed by atoms with Gasteiger partial charge in [0.25, 0.3) is 0 Å². The molecule has 60 valence electrons. The highest BCUT2D eigenvalue weighted by Crippen LogP contribution is 2.44. The van der Waals surface area contributed by atoms with Crippen LogP contribution in [0.3, 0.4) is 0 Å². The fraction of sp³-hybridized carbons (Fsp3) is 0.714.